The van der Waals surface area contributed by atoms with Gasteiger partial charge in [-0.2, -0.15) is 5.26 Å². The number of carbonyl (C=O) groups excluding carboxylic acids is 1. The molecule has 0 aromatic rings. The molecule has 0 heterocycles. The molecule has 0 bridgehead atoms. The Kier molecular flexibility index (Phi) is 3.48. The van der Waals surface area contributed by atoms with E-state index < -0.39 is 0 Å². The van der Waals surface area contributed by atoms with Gasteiger partial charge in [-0.25, -0.2) is 0 Å². The fourth-order valence-electron chi connectivity index (χ4n) is 2.40. The quantitative estimate of drug-likeness (QED) is 0.686. The topological polar surface area (TPSA) is 50.1 Å². The number of hydrogen-bond donors (Lipinski definition) is 0. The number of nitriles is 1. The highest BCUT2D eigenvalue weighted by molar-refractivity contribution is 5.72. The molecule has 0 amide bonds. The van der Waals surface area contributed by atoms with Gasteiger partial charge in [-0.3, -0.25) is 4.79 Å². The van der Waals surface area contributed by atoms with E-state index in [-0.39, 0.29) is 17.3 Å². The SMILES string of the molecule is N#CCC1(COC(=O)C2CCCCC2)CC1. The summed E-state index contributed by atoms with van der Waals surface area (Å²) in [6, 6.07) is 2.18. The zero-order valence-electron chi connectivity index (χ0n) is 9.71. The fraction of sp³-hybridized carbons (Fsp3) is 0.846. The number of carbonyl (C=O) groups is 1. The molecule has 0 aromatic carbocycles. The van der Waals surface area contributed by atoms with Crippen LogP contribution in [0.4, 0.5) is 0 Å². The van der Waals surface area contributed by atoms with E-state index in [2.05, 4.69) is 6.07 Å². The summed E-state index contributed by atoms with van der Waals surface area (Å²) in [5, 5.41) is 8.67. The molecule has 0 radical (unpaired) electrons. The molecule has 0 N–H and O–H groups in total. The summed E-state index contributed by atoms with van der Waals surface area (Å²) >= 11 is 0. The lowest BCUT2D eigenvalue weighted by atomic mass is 9.89. The van der Waals surface area contributed by atoms with Crippen molar-refractivity contribution in [3.8, 4) is 6.07 Å². The van der Waals surface area contributed by atoms with Crippen LogP contribution in [-0.4, -0.2) is 12.6 Å². The minimum atomic E-state index is -0.0242. The molecule has 0 aromatic heterocycles. The summed E-state index contributed by atoms with van der Waals surface area (Å²) in [5.41, 5.74) is 0.0269. The zero-order chi connectivity index (χ0) is 11.4. The predicted molar refractivity (Wildman–Crippen MR) is 59.4 cm³/mol. The van der Waals surface area contributed by atoms with Crippen molar-refractivity contribution in [3.05, 3.63) is 0 Å². The van der Waals surface area contributed by atoms with Crippen LogP contribution in [0.5, 0.6) is 0 Å². The van der Waals surface area contributed by atoms with Gasteiger partial charge in [0.05, 0.1) is 18.6 Å². The lowest BCUT2D eigenvalue weighted by Crippen LogP contribution is -2.23. The second-order valence-electron chi connectivity index (χ2n) is 5.28. The largest absolute Gasteiger partial charge is 0.465 e. The summed E-state index contributed by atoms with van der Waals surface area (Å²) in [7, 11) is 0. The maximum absolute atomic E-state index is 11.8. The van der Waals surface area contributed by atoms with Crippen molar-refractivity contribution in [2.45, 2.75) is 51.4 Å². The Balaban J connectivity index is 1.73. The molecular formula is C13H19NO2. The van der Waals surface area contributed by atoms with Crippen LogP contribution >= 0.6 is 0 Å². The number of hydrogen-bond acceptors (Lipinski definition) is 3. The molecule has 3 nitrogen and oxygen atoms in total. The van der Waals surface area contributed by atoms with Gasteiger partial charge >= 0.3 is 5.97 Å². The van der Waals surface area contributed by atoms with Gasteiger partial charge in [0.15, 0.2) is 0 Å². The predicted octanol–water partition coefficient (Wildman–Crippen LogP) is 2.80. The molecule has 2 aliphatic carbocycles. The standard InChI is InChI=1S/C13H19NO2/c14-9-8-13(6-7-13)10-16-12(15)11-4-2-1-3-5-11/h11H,1-8,10H2. The van der Waals surface area contributed by atoms with E-state index in [1.54, 1.807) is 0 Å². The smallest absolute Gasteiger partial charge is 0.308 e. The number of ether oxygens (including phenoxy) is 1. The average molecular weight is 221 g/mol. The monoisotopic (exact) mass is 221 g/mol. The van der Waals surface area contributed by atoms with Crippen molar-refractivity contribution in [3.63, 3.8) is 0 Å². The van der Waals surface area contributed by atoms with Crippen molar-refractivity contribution in [1.29, 1.82) is 5.26 Å². The molecule has 0 atom stereocenters. The lowest BCUT2D eigenvalue weighted by Gasteiger charge is -2.21. The molecule has 2 rings (SSSR count). The van der Waals surface area contributed by atoms with Crippen LogP contribution in [0, 0.1) is 22.7 Å². The summed E-state index contributed by atoms with van der Waals surface area (Å²) < 4.78 is 5.37. The van der Waals surface area contributed by atoms with Crippen molar-refractivity contribution < 1.29 is 9.53 Å². The van der Waals surface area contributed by atoms with E-state index in [9.17, 15) is 4.79 Å². The summed E-state index contributed by atoms with van der Waals surface area (Å²) in [6.45, 7) is 0.468. The van der Waals surface area contributed by atoms with Crippen LogP contribution in [0.25, 0.3) is 0 Å². The normalized spacial score (nSPS) is 23.4. The molecule has 16 heavy (non-hydrogen) atoms. The van der Waals surface area contributed by atoms with Gasteiger partial charge in [-0.15, -0.1) is 0 Å². The van der Waals surface area contributed by atoms with Gasteiger partial charge in [-0.1, -0.05) is 19.3 Å². The first-order valence-corrected chi connectivity index (χ1v) is 6.29. The van der Waals surface area contributed by atoms with Gasteiger partial charge in [-0.05, 0) is 25.7 Å². The molecule has 88 valence electrons. The third kappa shape index (κ3) is 2.75. The highest BCUT2D eigenvalue weighted by Crippen LogP contribution is 2.48. The van der Waals surface area contributed by atoms with Crippen LogP contribution in [-0.2, 0) is 9.53 Å². The average Bonchev–Trinajstić information content (AvgIpc) is 3.08. The minimum absolute atomic E-state index is 0.0242. The molecule has 0 spiro atoms. The molecule has 0 unspecified atom stereocenters. The Bertz CT molecular complexity index is 296. The van der Waals surface area contributed by atoms with E-state index in [0.29, 0.717) is 13.0 Å². The second kappa shape index (κ2) is 4.86. The number of esters is 1. The zero-order valence-corrected chi connectivity index (χ0v) is 9.71. The van der Waals surface area contributed by atoms with Crippen molar-refractivity contribution in [2.24, 2.45) is 11.3 Å². The maximum Gasteiger partial charge on any atom is 0.308 e. The summed E-state index contributed by atoms with van der Waals surface area (Å²) in [5.74, 6) is 0.107. The van der Waals surface area contributed by atoms with Crippen LogP contribution in [0.1, 0.15) is 51.4 Å². The first-order valence-electron chi connectivity index (χ1n) is 6.29. The van der Waals surface area contributed by atoms with Gasteiger partial charge < -0.3 is 4.74 Å². The summed E-state index contributed by atoms with van der Waals surface area (Å²) in [4.78, 5) is 11.8. The first kappa shape index (κ1) is 11.4. The van der Waals surface area contributed by atoms with Crippen LogP contribution in [0.2, 0.25) is 0 Å². The Labute approximate surface area is 96.8 Å². The molecule has 2 saturated carbocycles. The third-order valence-electron chi connectivity index (χ3n) is 3.87. The molecule has 3 heteroatoms. The summed E-state index contributed by atoms with van der Waals surface area (Å²) in [6.07, 6.45) is 8.16. The van der Waals surface area contributed by atoms with Crippen molar-refractivity contribution in [1.82, 2.24) is 0 Å². The first-order chi connectivity index (χ1) is 7.76. The number of rotatable bonds is 4. The van der Waals surface area contributed by atoms with E-state index in [1.807, 2.05) is 0 Å². The maximum atomic E-state index is 11.8. The molecular weight excluding hydrogens is 202 g/mol. The molecule has 0 saturated heterocycles. The Morgan fingerprint density at radius 1 is 1.31 bits per heavy atom. The Morgan fingerprint density at radius 3 is 2.56 bits per heavy atom. The van der Waals surface area contributed by atoms with Crippen molar-refractivity contribution in [2.75, 3.05) is 6.61 Å². The van der Waals surface area contributed by atoms with E-state index >= 15 is 0 Å². The van der Waals surface area contributed by atoms with Crippen LogP contribution < -0.4 is 0 Å². The van der Waals surface area contributed by atoms with Gasteiger partial charge in [0.25, 0.3) is 0 Å². The van der Waals surface area contributed by atoms with E-state index in [0.717, 1.165) is 38.5 Å². The second-order valence-corrected chi connectivity index (χ2v) is 5.28. The fourth-order valence-corrected chi connectivity index (χ4v) is 2.40. The molecule has 2 aliphatic rings. The highest BCUT2D eigenvalue weighted by atomic mass is 16.5. The Hall–Kier alpha value is -1.04. The van der Waals surface area contributed by atoms with Crippen molar-refractivity contribution >= 4 is 5.97 Å². The van der Waals surface area contributed by atoms with Gasteiger partial charge in [0, 0.05) is 11.8 Å². The van der Waals surface area contributed by atoms with E-state index in [1.165, 1.54) is 6.42 Å². The van der Waals surface area contributed by atoms with Crippen LogP contribution in [0.15, 0.2) is 0 Å². The Morgan fingerprint density at radius 2 is 2.00 bits per heavy atom. The number of nitrogens with zero attached hydrogens (tertiary/aromatic N) is 1. The molecule has 2 fully saturated rings. The molecule has 0 aliphatic heterocycles. The lowest BCUT2D eigenvalue weighted by molar-refractivity contribution is -0.151. The van der Waals surface area contributed by atoms with Crippen LogP contribution in [0.3, 0.4) is 0 Å². The highest BCUT2D eigenvalue weighted by Gasteiger charge is 2.44. The third-order valence-corrected chi connectivity index (χ3v) is 3.87. The van der Waals surface area contributed by atoms with Gasteiger partial charge in [0.1, 0.15) is 0 Å². The van der Waals surface area contributed by atoms with Gasteiger partial charge in [0.2, 0.25) is 0 Å². The van der Waals surface area contributed by atoms with E-state index in [4.69, 9.17) is 10.00 Å². The minimum Gasteiger partial charge on any atom is -0.465 e.